The first kappa shape index (κ1) is 25.0. The van der Waals surface area contributed by atoms with Crippen molar-refractivity contribution in [3.05, 3.63) is 48.5 Å². The van der Waals surface area contributed by atoms with Gasteiger partial charge in [-0.05, 0) is 55.5 Å². The van der Waals surface area contributed by atoms with Crippen LogP contribution in [-0.2, 0) is 29.6 Å². The summed E-state index contributed by atoms with van der Waals surface area (Å²) in [4.78, 5) is 12.9. The van der Waals surface area contributed by atoms with Crippen molar-refractivity contribution in [3.8, 4) is 5.75 Å². The zero-order valence-electron chi connectivity index (χ0n) is 18.6. The van der Waals surface area contributed by atoms with Gasteiger partial charge >= 0.3 is 0 Å². The number of rotatable bonds is 8. The maximum Gasteiger partial charge on any atom is 0.247 e. The van der Waals surface area contributed by atoms with Crippen LogP contribution < -0.4 is 14.4 Å². The summed E-state index contributed by atoms with van der Waals surface area (Å²) in [6, 6.07) is 11.0. The number of methoxy groups -OCH3 is 1. The van der Waals surface area contributed by atoms with Gasteiger partial charge in [0, 0.05) is 18.8 Å². The topological polar surface area (TPSA) is 122 Å². The van der Waals surface area contributed by atoms with Crippen molar-refractivity contribution in [1.29, 1.82) is 0 Å². The van der Waals surface area contributed by atoms with Crippen molar-refractivity contribution in [2.75, 3.05) is 49.3 Å². The molecule has 2 aromatic rings. The Labute approximate surface area is 194 Å². The molecule has 0 radical (unpaired) electrons. The Morgan fingerprint density at radius 3 is 2.12 bits per heavy atom. The quantitative estimate of drug-likeness (QED) is 0.587. The third-order valence-corrected chi connectivity index (χ3v) is 8.30. The average Bonchev–Trinajstić information content (AvgIpc) is 2.79. The third kappa shape index (κ3) is 5.82. The van der Waals surface area contributed by atoms with Gasteiger partial charge in [0.25, 0.3) is 0 Å². The standard InChI is InChI=1S/C21H27N3O7S2/c1-16(24(32(3,26)27)18-6-8-19(30-2)9-7-18)21(25)22-17-4-10-20(11-5-17)33(28,29)23-12-14-31-15-13-23/h4-11,16H,12-15H2,1-3H3,(H,22,25)/t16-/m1/s1. The summed E-state index contributed by atoms with van der Waals surface area (Å²) in [5, 5.41) is 2.65. The van der Waals surface area contributed by atoms with Crippen molar-refractivity contribution in [2.24, 2.45) is 0 Å². The van der Waals surface area contributed by atoms with Crippen LogP contribution in [0.1, 0.15) is 6.92 Å². The molecule has 1 amide bonds. The molecule has 0 bridgehead atoms. The molecular weight excluding hydrogens is 470 g/mol. The molecule has 0 saturated carbocycles. The van der Waals surface area contributed by atoms with Crippen LogP contribution in [-0.4, -0.2) is 72.8 Å². The maximum atomic E-state index is 12.8. The fourth-order valence-electron chi connectivity index (χ4n) is 3.43. The van der Waals surface area contributed by atoms with Crippen LogP contribution >= 0.6 is 0 Å². The second-order valence-corrected chi connectivity index (χ2v) is 11.3. The van der Waals surface area contributed by atoms with Gasteiger partial charge in [0.1, 0.15) is 11.8 Å². The van der Waals surface area contributed by atoms with Gasteiger partial charge < -0.3 is 14.8 Å². The largest absolute Gasteiger partial charge is 0.497 e. The lowest BCUT2D eigenvalue weighted by atomic mass is 10.2. The Hall–Kier alpha value is -2.67. The highest BCUT2D eigenvalue weighted by Gasteiger charge is 2.30. The first-order chi connectivity index (χ1) is 15.5. The van der Waals surface area contributed by atoms with Crippen LogP contribution in [0.2, 0.25) is 0 Å². The minimum atomic E-state index is -3.78. The number of ether oxygens (including phenoxy) is 2. The molecule has 0 aromatic heterocycles. The number of anilines is 2. The SMILES string of the molecule is COc1ccc(N([C@H](C)C(=O)Nc2ccc(S(=O)(=O)N3CCOCC3)cc2)S(C)(=O)=O)cc1. The summed E-state index contributed by atoms with van der Waals surface area (Å²) in [5.41, 5.74) is 0.656. The zero-order valence-corrected chi connectivity index (χ0v) is 20.2. The molecule has 3 rings (SSSR count). The van der Waals surface area contributed by atoms with Gasteiger partial charge in [-0.1, -0.05) is 0 Å². The number of carbonyl (C=O) groups is 1. The van der Waals surface area contributed by atoms with E-state index < -0.39 is 32.0 Å². The van der Waals surface area contributed by atoms with E-state index in [4.69, 9.17) is 9.47 Å². The Bertz CT molecular complexity index is 1180. The summed E-state index contributed by atoms with van der Waals surface area (Å²) in [7, 11) is -5.93. The molecule has 1 atom stereocenters. The van der Waals surface area contributed by atoms with Gasteiger partial charge in [0.05, 0.1) is 37.2 Å². The molecule has 1 aliphatic rings. The van der Waals surface area contributed by atoms with Crippen LogP contribution in [0.15, 0.2) is 53.4 Å². The summed E-state index contributed by atoms with van der Waals surface area (Å²) in [5.74, 6) is -0.0172. The molecule has 12 heteroatoms. The summed E-state index contributed by atoms with van der Waals surface area (Å²) < 4.78 is 63.0. The van der Waals surface area contributed by atoms with Crippen LogP contribution in [0, 0.1) is 0 Å². The molecular formula is C21H27N3O7S2. The number of nitrogens with one attached hydrogen (secondary N) is 1. The number of amides is 1. The van der Waals surface area contributed by atoms with Crippen molar-refractivity contribution < 1.29 is 31.1 Å². The average molecular weight is 498 g/mol. The fourth-order valence-corrected chi connectivity index (χ4v) is 6.01. The van der Waals surface area contributed by atoms with Crippen LogP contribution in [0.25, 0.3) is 0 Å². The van der Waals surface area contributed by atoms with E-state index in [9.17, 15) is 21.6 Å². The number of hydrogen-bond donors (Lipinski definition) is 1. The zero-order chi connectivity index (χ0) is 24.2. The Kier molecular flexibility index (Phi) is 7.62. The van der Waals surface area contributed by atoms with Crippen LogP contribution in [0.3, 0.4) is 0 Å². The number of morpholine rings is 1. The minimum absolute atomic E-state index is 0.103. The highest BCUT2D eigenvalue weighted by atomic mass is 32.2. The molecule has 180 valence electrons. The lowest BCUT2D eigenvalue weighted by molar-refractivity contribution is -0.116. The van der Waals surface area contributed by atoms with Crippen LogP contribution in [0.5, 0.6) is 5.75 Å². The highest BCUT2D eigenvalue weighted by Crippen LogP contribution is 2.25. The molecule has 10 nitrogen and oxygen atoms in total. The first-order valence-electron chi connectivity index (χ1n) is 10.2. The van der Waals surface area contributed by atoms with Gasteiger partial charge in [0.2, 0.25) is 26.0 Å². The van der Waals surface area contributed by atoms with E-state index in [0.29, 0.717) is 30.3 Å². The fraction of sp³-hybridized carbons (Fsp3) is 0.381. The molecule has 1 N–H and O–H groups in total. The van der Waals surface area contributed by atoms with Crippen molar-refractivity contribution in [1.82, 2.24) is 4.31 Å². The maximum absolute atomic E-state index is 12.8. The molecule has 0 aliphatic carbocycles. The summed E-state index contributed by atoms with van der Waals surface area (Å²) in [6.07, 6.45) is 1.02. The molecule has 0 unspecified atom stereocenters. The number of benzene rings is 2. The third-order valence-electron chi connectivity index (χ3n) is 5.15. The lowest BCUT2D eigenvalue weighted by Crippen LogP contribution is -2.45. The van der Waals surface area contributed by atoms with Gasteiger partial charge in [-0.25, -0.2) is 16.8 Å². The van der Waals surface area contributed by atoms with Gasteiger partial charge in [-0.2, -0.15) is 4.31 Å². The first-order valence-corrected chi connectivity index (χ1v) is 13.4. The Morgan fingerprint density at radius 2 is 1.61 bits per heavy atom. The van der Waals surface area contributed by atoms with E-state index in [1.807, 2.05) is 0 Å². The molecule has 33 heavy (non-hydrogen) atoms. The lowest BCUT2D eigenvalue weighted by Gasteiger charge is -2.28. The van der Waals surface area contributed by atoms with Crippen molar-refractivity contribution in [2.45, 2.75) is 17.9 Å². The second-order valence-electron chi connectivity index (χ2n) is 7.46. The predicted octanol–water partition coefficient (Wildman–Crippen LogP) is 1.51. The predicted molar refractivity (Wildman–Crippen MR) is 124 cm³/mol. The number of carbonyl (C=O) groups excluding carboxylic acids is 1. The van der Waals surface area contributed by atoms with Gasteiger partial charge in [-0.15, -0.1) is 0 Å². The van der Waals surface area contributed by atoms with E-state index in [1.54, 1.807) is 24.3 Å². The highest BCUT2D eigenvalue weighted by molar-refractivity contribution is 7.92. The Morgan fingerprint density at radius 1 is 1.03 bits per heavy atom. The van der Waals surface area contributed by atoms with E-state index in [1.165, 1.54) is 42.6 Å². The van der Waals surface area contributed by atoms with Gasteiger partial charge in [0.15, 0.2) is 0 Å². The number of sulfonamides is 2. The second kappa shape index (κ2) is 10.1. The molecule has 1 heterocycles. The minimum Gasteiger partial charge on any atom is -0.497 e. The summed E-state index contributed by atoms with van der Waals surface area (Å²) >= 11 is 0. The molecule has 2 aromatic carbocycles. The van der Waals surface area contributed by atoms with Crippen molar-refractivity contribution in [3.63, 3.8) is 0 Å². The van der Waals surface area contributed by atoms with E-state index in [2.05, 4.69) is 5.32 Å². The molecule has 1 saturated heterocycles. The van der Waals surface area contributed by atoms with Crippen LogP contribution in [0.4, 0.5) is 11.4 Å². The van der Waals surface area contributed by atoms with Gasteiger partial charge in [-0.3, -0.25) is 9.10 Å². The van der Waals surface area contributed by atoms with E-state index in [-0.39, 0.29) is 18.0 Å². The van der Waals surface area contributed by atoms with E-state index >= 15 is 0 Å². The smallest absolute Gasteiger partial charge is 0.247 e. The molecule has 1 aliphatic heterocycles. The molecule has 1 fully saturated rings. The number of nitrogens with zero attached hydrogens (tertiary/aromatic N) is 2. The van der Waals surface area contributed by atoms with Crippen molar-refractivity contribution >= 4 is 37.3 Å². The summed E-state index contributed by atoms with van der Waals surface area (Å²) in [6.45, 7) is 2.72. The number of hydrogen-bond acceptors (Lipinski definition) is 7. The Balaban J connectivity index is 1.76. The van der Waals surface area contributed by atoms with E-state index in [0.717, 1.165) is 10.6 Å². The monoisotopic (exact) mass is 497 g/mol. The normalized spacial score (nSPS) is 16.1. The molecule has 0 spiro atoms.